The van der Waals surface area contributed by atoms with Crippen LogP contribution in [0.2, 0.25) is 0 Å². The van der Waals surface area contributed by atoms with E-state index in [9.17, 15) is 4.79 Å². The number of rotatable bonds is 4. The normalized spacial score (nSPS) is 13.0. The molecule has 2 heterocycles. The molecule has 154 valence electrons. The molecular weight excluding hydrogens is 386 g/mol. The van der Waals surface area contributed by atoms with Crippen LogP contribution in [0.3, 0.4) is 0 Å². The third-order valence-corrected chi connectivity index (χ3v) is 5.66. The lowest BCUT2D eigenvalue weighted by molar-refractivity contribution is 0.0985. The second kappa shape index (κ2) is 8.11. The van der Waals surface area contributed by atoms with Gasteiger partial charge in [0.1, 0.15) is 11.4 Å². The predicted octanol–water partition coefficient (Wildman–Crippen LogP) is 5.14. The Morgan fingerprint density at radius 2 is 1.77 bits per heavy atom. The van der Waals surface area contributed by atoms with Gasteiger partial charge in [0.25, 0.3) is 5.91 Å². The van der Waals surface area contributed by atoms with Crippen LogP contribution in [0.5, 0.6) is 5.75 Å². The summed E-state index contributed by atoms with van der Waals surface area (Å²) >= 11 is 0. The van der Waals surface area contributed by atoms with Crippen LogP contribution in [0.4, 0.5) is 5.69 Å². The molecule has 1 aromatic heterocycles. The van der Waals surface area contributed by atoms with Gasteiger partial charge in [0.15, 0.2) is 0 Å². The number of amides is 1. The molecule has 3 aromatic carbocycles. The molecule has 0 aliphatic carbocycles. The van der Waals surface area contributed by atoms with Gasteiger partial charge in [0.05, 0.1) is 18.4 Å². The third-order valence-electron chi connectivity index (χ3n) is 5.66. The largest absolute Gasteiger partial charge is 0.497 e. The number of para-hydroxylation sites is 2. The molecule has 1 aliphatic rings. The van der Waals surface area contributed by atoms with Crippen LogP contribution in [0.15, 0.2) is 85.1 Å². The SMILES string of the molecule is COc1cccc(-c2nn(-c3ccccc3)cc2C(=O)N2CCCc3ccccc32)c1. The molecule has 5 nitrogen and oxygen atoms in total. The van der Waals surface area contributed by atoms with Crippen LogP contribution >= 0.6 is 0 Å². The molecule has 5 rings (SSSR count). The minimum Gasteiger partial charge on any atom is -0.497 e. The molecule has 0 fully saturated rings. The second-order valence-electron chi connectivity index (χ2n) is 7.59. The molecule has 0 unspecified atom stereocenters. The van der Waals surface area contributed by atoms with E-state index in [2.05, 4.69) is 6.07 Å². The number of methoxy groups -OCH3 is 1. The predicted molar refractivity (Wildman–Crippen MR) is 122 cm³/mol. The molecule has 4 aromatic rings. The van der Waals surface area contributed by atoms with E-state index in [1.54, 1.807) is 11.8 Å². The van der Waals surface area contributed by atoms with Gasteiger partial charge < -0.3 is 9.64 Å². The average Bonchev–Trinajstić information content (AvgIpc) is 3.29. The fourth-order valence-electron chi connectivity index (χ4n) is 4.12. The van der Waals surface area contributed by atoms with Crippen molar-refractivity contribution in [2.45, 2.75) is 12.8 Å². The fourth-order valence-corrected chi connectivity index (χ4v) is 4.12. The highest BCUT2D eigenvalue weighted by molar-refractivity contribution is 6.10. The van der Waals surface area contributed by atoms with Crippen molar-refractivity contribution in [3.8, 4) is 22.7 Å². The van der Waals surface area contributed by atoms with E-state index in [1.807, 2.05) is 83.9 Å². The van der Waals surface area contributed by atoms with Crippen molar-refractivity contribution in [3.05, 3.63) is 96.2 Å². The van der Waals surface area contributed by atoms with E-state index < -0.39 is 0 Å². The van der Waals surface area contributed by atoms with Crippen molar-refractivity contribution in [2.75, 3.05) is 18.6 Å². The molecule has 0 radical (unpaired) electrons. The first-order valence-corrected chi connectivity index (χ1v) is 10.4. The number of carbonyl (C=O) groups is 1. The maximum absolute atomic E-state index is 13.8. The number of aryl methyl sites for hydroxylation is 1. The van der Waals surface area contributed by atoms with Crippen molar-refractivity contribution >= 4 is 11.6 Å². The van der Waals surface area contributed by atoms with Gasteiger partial charge in [-0.15, -0.1) is 0 Å². The maximum Gasteiger partial charge on any atom is 0.262 e. The summed E-state index contributed by atoms with van der Waals surface area (Å²) in [6, 6.07) is 25.7. The molecule has 0 bridgehead atoms. The summed E-state index contributed by atoms with van der Waals surface area (Å²) in [4.78, 5) is 15.7. The fraction of sp³-hybridized carbons (Fsp3) is 0.154. The number of ether oxygens (including phenoxy) is 1. The molecule has 1 aliphatic heterocycles. The van der Waals surface area contributed by atoms with Gasteiger partial charge in [-0.3, -0.25) is 4.79 Å². The summed E-state index contributed by atoms with van der Waals surface area (Å²) in [7, 11) is 1.64. The summed E-state index contributed by atoms with van der Waals surface area (Å²) < 4.78 is 7.18. The van der Waals surface area contributed by atoms with Gasteiger partial charge >= 0.3 is 0 Å². The number of hydrogen-bond acceptors (Lipinski definition) is 3. The minimum atomic E-state index is -0.0350. The number of aromatic nitrogens is 2. The summed E-state index contributed by atoms with van der Waals surface area (Å²) in [6.45, 7) is 0.698. The molecular formula is C26H23N3O2. The number of fused-ring (bicyclic) bond motifs is 1. The van der Waals surface area contributed by atoms with Crippen LogP contribution in [0.25, 0.3) is 16.9 Å². The topological polar surface area (TPSA) is 47.4 Å². The van der Waals surface area contributed by atoms with E-state index in [0.717, 1.165) is 35.5 Å². The Morgan fingerprint density at radius 1 is 0.968 bits per heavy atom. The lowest BCUT2D eigenvalue weighted by atomic mass is 10.00. The Labute approximate surface area is 181 Å². The van der Waals surface area contributed by atoms with E-state index in [0.29, 0.717) is 17.8 Å². The van der Waals surface area contributed by atoms with E-state index in [-0.39, 0.29) is 5.91 Å². The van der Waals surface area contributed by atoms with Crippen molar-refractivity contribution in [1.82, 2.24) is 9.78 Å². The Balaban J connectivity index is 1.63. The van der Waals surface area contributed by atoms with Gasteiger partial charge in [0, 0.05) is 24.0 Å². The molecule has 0 spiro atoms. The van der Waals surface area contributed by atoms with Crippen LogP contribution in [0, 0.1) is 0 Å². The Hall–Kier alpha value is -3.86. The Morgan fingerprint density at radius 3 is 2.61 bits per heavy atom. The van der Waals surface area contributed by atoms with Crippen LogP contribution in [-0.2, 0) is 6.42 Å². The lowest BCUT2D eigenvalue weighted by Gasteiger charge is -2.29. The Kier molecular flexibility index (Phi) is 5.00. The number of anilines is 1. The van der Waals surface area contributed by atoms with Crippen LogP contribution < -0.4 is 9.64 Å². The molecule has 0 saturated carbocycles. The van der Waals surface area contributed by atoms with Gasteiger partial charge in [-0.25, -0.2) is 4.68 Å². The summed E-state index contributed by atoms with van der Waals surface area (Å²) in [5, 5.41) is 4.81. The summed E-state index contributed by atoms with van der Waals surface area (Å²) in [5.41, 5.74) is 5.18. The van der Waals surface area contributed by atoms with Gasteiger partial charge in [-0.1, -0.05) is 48.5 Å². The highest BCUT2D eigenvalue weighted by Gasteiger charge is 2.27. The molecule has 31 heavy (non-hydrogen) atoms. The van der Waals surface area contributed by atoms with Crippen molar-refractivity contribution < 1.29 is 9.53 Å². The highest BCUT2D eigenvalue weighted by Crippen LogP contribution is 2.32. The first-order chi connectivity index (χ1) is 15.2. The maximum atomic E-state index is 13.8. The minimum absolute atomic E-state index is 0.0350. The third kappa shape index (κ3) is 3.59. The zero-order valence-corrected chi connectivity index (χ0v) is 17.4. The lowest BCUT2D eigenvalue weighted by Crippen LogP contribution is -2.35. The molecule has 0 N–H and O–H groups in total. The number of hydrogen-bond donors (Lipinski definition) is 0. The van der Waals surface area contributed by atoms with Crippen molar-refractivity contribution in [1.29, 1.82) is 0 Å². The highest BCUT2D eigenvalue weighted by atomic mass is 16.5. The molecule has 5 heteroatoms. The smallest absolute Gasteiger partial charge is 0.262 e. The van der Waals surface area contributed by atoms with Gasteiger partial charge in [-0.2, -0.15) is 5.10 Å². The quantitative estimate of drug-likeness (QED) is 0.469. The zero-order chi connectivity index (χ0) is 21.2. The summed E-state index contributed by atoms with van der Waals surface area (Å²) in [6.07, 6.45) is 3.78. The van der Waals surface area contributed by atoms with E-state index >= 15 is 0 Å². The number of nitrogens with zero attached hydrogens (tertiary/aromatic N) is 3. The monoisotopic (exact) mass is 409 g/mol. The molecule has 1 amide bonds. The van der Waals surface area contributed by atoms with Crippen molar-refractivity contribution in [3.63, 3.8) is 0 Å². The first-order valence-electron chi connectivity index (χ1n) is 10.4. The van der Waals surface area contributed by atoms with E-state index in [1.165, 1.54) is 5.56 Å². The summed E-state index contributed by atoms with van der Waals surface area (Å²) in [5.74, 6) is 0.695. The van der Waals surface area contributed by atoms with Crippen molar-refractivity contribution in [2.24, 2.45) is 0 Å². The number of benzene rings is 3. The Bertz CT molecular complexity index is 1230. The molecule has 0 atom stereocenters. The first kappa shape index (κ1) is 19.1. The molecule has 0 saturated heterocycles. The van der Waals surface area contributed by atoms with E-state index in [4.69, 9.17) is 9.84 Å². The van der Waals surface area contributed by atoms with Gasteiger partial charge in [0.2, 0.25) is 0 Å². The second-order valence-corrected chi connectivity index (χ2v) is 7.59. The van der Waals surface area contributed by atoms with Crippen LogP contribution in [-0.4, -0.2) is 29.3 Å². The number of carbonyl (C=O) groups excluding carboxylic acids is 1. The average molecular weight is 409 g/mol. The standard InChI is InChI=1S/C26H23N3O2/c1-31-22-14-7-10-20(17-22)25-23(18-29(27-25)21-12-3-2-4-13-21)26(30)28-16-8-11-19-9-5-6-15-24(19)28/h2-7,9-10,12-15,17-18H,8,11,16H2,1H3. The van der Waals surface area contributed by atoms with Crippen LogP contribution in [0.1, 0.15) is 22.3 Å². The zero-order valence-electron chi connectivity index (χ0n) is 17.4. The van der Waals surface area contributed by atoms with Gasteiger partial charge in [-0.05, 0) is 48.7 Å².